The molecule has 1 aromatic carbocycles. The minimum Gasteiger partial charge on any atom is -0.503 e. The summed E-state index contributed by atoms with van der Waals surface area (Å²) in [6.07, 6.45) is 1.52. The maximum absolute atomic E-state index is 13.9. The second-order valence-corrected chi connectivity index (χ2v) is 8.22. The van der Waals surface area contributed by atoms with Crippen molar-refractivity contribution in [2.24, 2.45) is 0 Å². The Bertz CT molecular complexity index is 1410. The fourth-order valence-electron chi connectivity index (χ4n) is 4.39. The van der Waals surface area contributed by atoms with Gasteiger partial charge in [0, 0.05) is 49.0 Å². The van der Waals surface area contributed by atoms with Crippen LogP contribution < -0.4 is 10.7 Å². The van der Waals surface area contributed by atoms with Gasteiger partial charge in [0.15, 0.2) is 17.2 Å². The Morgan fingerprint density at radius 1 is 1.26 bits per heavy atom. The van der Waals surface area contributed by atoms with Gasteiger partial charge in [0.1, 0.15) is 23.0 Å². The number of nitrogens with one attached hydrogen (secondary N) is 1. The second-order valence-electron chi connectivity index (χ2n) is 8.22. The van der Waals surface area contributed by atoms with Gasteiger partial charge in [-0.1, -0.05) is 5.16 Å². The van der Waals surface area contributed by atoms with Crippen LogP contribution in [-0.2, 0) is 19.5 Å². The summed E-state index contributed by atoms with van der Waals surface area (Å²) in [5.41, 5.74) is -1.04. The van der Waals surface area contributed by atoms with Crippen LogP contribution in [0.25, 0.3) is 0 Å². The highest BCUT2D eigenvalue weighted by Crippen LogP contribution is 2.34. The van der Waals surface area contributed by atoms with E-state index in [9.17, 15) is 32.7 Å². The van der Waals surface area contributed by atoms with Gasteiger partial charge in [-0.15, -0.1) is 0 Å². The molecule has 0 aliphatic carbocycles. The first kappa shape index (κ1) is 21.7. The Balaban J connectivity index is 1.51. The van der Waals surface area contributed by atoms with Gasteiger partial charge in [-0.05, 0) is 6.92 Å². The summed E-state index contributed by atoms with van der Waals surface area (Å²) >= 11 is 0. The fraction of sp³-hybridized carbons (Fsp3) is 0.273. The highest BCUT2D eigenvalue weighted by molar-refractivity contribution is 5.99. The molecular weight excluding hydrogens is 457 g/mol. The Labute approximate surface area is 189 Å². The largest absolute Gasteiger partial charge is 0.503 e. The predicted molar refractivity (Wildman–Crippen MR) is 109 cm³/mol. The number of aromatic hydroxyl groups is 1. The third kappa shape index (κ3) is 3.33. The van der Waals surface area contributed by atoms with Crippen LogP contribution in [0.15, 0.2) is 27.6 Å². The minimum atomic E-state index is -1.20. The number of rotatable bonds is 3. The van der Waals surface area contributed by atoms with Gasteiger partial charge >= 0.3 is 0 Å². The van der Waals surface area contributed by atoms with E-state index in [2.05, 4.69) is 10.5 Å². The van der Waals surface area contributed by atoms with Crippen molar-refractivity contribution in [3.8, 4) is 5.75 Å². The molecule has 0 spiro atoms. The van der Waals surface area contributed by atoms with Crippen molar-refractivity contribution in [3.63, 3.8) is 0 Å². The number of fused-ring (bicyclic) bond motifs is 5. The van der Waals surface area contributed by atoms with Crippen LogP contribution in [0.2, 0.25) is 0 Å². The molecule has 2 bridgehead atoms. The van der Waals surface area contributed by atoms with Crippen molar-refractivity contribution in [3.05, 3.63) is 79.8 Å². The number of halogens is 3. The molecule has 2 aliphatic heterocycles. The van der Waals surface area contributed by atoms with Gasteiger partial charge in [-0.3, -0.25) is 14.4 Å². The zero-order chi connectivity index (χ0) is 24.3. The van der Waals surface area contributed by atoms with Crippen LogP contribution in [0.3, 0.4) is 0 Å². The molecule has 5 rings (SSSR count). The van der Waals surface area contributed by atoms with E-state index in [1.165, 1.54) is 9.47 Å². The first-order valence-electron chi connectivity index (χ1n) is 10.3. The van der Waals surface area contributed by atoms with E-state index in [1.807, 2.05) is 0 Å². The normalized spacial score (nSPS) is 16.6. The number of pyridine rings is 1. The molecule has 176 valence electrons. The number of aryl methyl sites for hydroxylation is 1. The topological polar surface area (TPSA) is 118 Å². The number of carbonyl (C=O) groups excluding carboxylic acids is 2. The molecule has 34 heavy (non-hydrogen) atoms. The van der Waals surface area contributed by atoms with E-state index in [1.54, 1.807) is 6.92 Å². The molecular formula is C22H17F3N4O5. The molecule has 0 saturated carbocycles. The molecule has 0 unspecified atom stereocenters. The fourth-order valence-corrected chi connectivity index (χ4v) is 4.39. The number of amides is 2. The third-order valence-corrected chi connectivity index (χ3v) is 6.14. The van der Waals surface area contributed by atoms with Crippen LogP contribution in [0.1, 0.15) is 49.5 Å². The van der Waals surface area contributed by atoms with E-state index < -0.39 is 64.2 Å². The Hall–Kier alpha value is -4.09. The molecule has 9 nitrogen and oxygen atoms in total. The lowest BCUT2D eigenvalue weighted by atomic mass is 10.0. The summed E-state index contributed by atoms with van der Waals surface area (Å²) in [7, 11) is 0. The van der Waals surface area contributed by atoms with Gasteiger partial charge in [-0.2, -0.15) is 0 Å². The molecule has 0 saturated heterocycles. The van der Waals surface area contributed by atoms with Crippen molar-refractivity contribution in [1.29, 1.82) is 0 Å². The molecule has 0 radical (unpaired) electrons. The summed E-state index contributed by atoms with van der Waals surface area (Å²) in [6, 6.07) is 0.500. The van der Waals surface area contributed by atoms with Crippen molar-refractivity contribution >= 4 is 11.8 Å². The lowest BCUT2D eigenvalue weighted by Crippen LogP contribution is -2.44. The minimum absolute atomic E-state index is 0.121. The number of aromatic nitrogens is 2. The van der Waals surface area contributed by atoms with E-state index in [-0.39, 0.29) is 18.8 Å². The summed E-state index contributed by atoms with van der Waals surface area (Å²) in [5.74, 6) is -5.56. The molecule has 2 amide bonds. The summed E-state index contributed by atoms with van der Waals surface area (Å²) in [6.45, 7) is 1.45. The summed E-state index contributed by atoms with van der Waals surface area (Å²) in [5, 5.41) is 16.7. The Morgan fingerprint density at radius 3 is 2.68 bits per heavy atom. The van der Waals surface area contributed by atoms with Gasteiger partial charge in [-0.25, -0.2) is 13.2 Å². The van der Waals surface area contributed by atoms with E-state index in [4.69, 9.17) is 4.52 Å². The lowest BCUT2D eigenvalue weighted by molar-refractivity contribution is 0.0637. The average Bonchev–Trinajstić information content (AvgIpc) is 3.01. The first-order chi connectivity index (χ1) is 16.2. The van der Waals surface area contributed by atoms with Gasteiger partial charge in [0.25, 0.3) is 11.8 Å². The second kappa shape index (κ2) is 7.75. The smallest absolute Gasteiger partial charge is 0.274 e. The van der Waals surface area contributed by atoms with Gasteiger partial charge in [0.2, 0.25) is 5.43 Å². The molecule has 2 aliphatic rings. The highest BCUT2D eigenvalue weighted by atomic mass is 19.1. The van der Waals surface area contributed by atoms with Crippen LogP contribution in [-0.4, -0.2) is 38.1 Å². The number of benzene rings is 1. The standard InChI is InChI=1S/C22H17F3N4O5/c1-9-12-4-11-6-28(8-17(12)34-27-9)22(33)18-20(31)19(30)14(7-29(11)18)21(32)26-5-13-15(24)2-10(23)3-16(13)25/h2-3,7,11,31H,4-6,8H2,1H3,(H,26,32)/t11-/m0/s1. The summed E-state index contributed by atoms with van der Waals surface area (Å²) < 4.78 is 47.6. The van der Waals surface area contributed by atoms with Crippen molar-refractivity contribution in [2.75, 3.05) is 6.54 Å². The van der Waals surface area contributed by atoms with Gasteiger partial charge < -0.3 is 24.4 Å². The Kier molecular flexibility index (Phi) is 4.95. The summed E-state index contributed by atoms with van der Waals surface area (Å²) in [4.78, 5) is 39.9. The van der Waals surface area contributed by atoms with Crippen LogP contribution in [0, 0.1) is 24.4 Å². The zero-order valence-corrected chi connectivity index (χ0v) is 17.7. The Morgan fingerprint density at radius 2 is 1.97 bits per heavy atom. The number of hydrogen-bond acceptors (Lipinski definition) is 6. The molecule has 3 aromatic rings. The molecule has 12 heteroatoms. The van der Waals surface area contributed by atoms with Crippen molar-refractivity contribution in [1.82, 2.24) is 19.9 Å². The number of carbonyl (C=O) groups is 2. The molecule has 1 atom stereocenters. The van der Waals surface area contributed by atoms with Crippen molar-refractivity contribution < 1.29 is 32.4 Å². The third-order valence-electron chi connectivity index (χ3n) is 6.14. The van der Waals surface area contributed by atoms with Crippen molar-refractivity contribution in [2.45, 2.75) is 32.5 Å². The van der Waals surface area contributed by atoms with Crippen LogP contribution in [0.5, 0.6) is 5.75 Å². The lowest BCUT2D eigenvalue weighted by Gasteiger charge is -2.34. The van der Waals surface area contributed by atoms with Gasteiger partial charge in [0.05, 0.1) is 18.3 Å². The molecule has 2 aromatic heterocycles. The predicted octanol–water partition coefficient (Wildman–Crippen LogP) is 1.95. The molecule has 2 N–H and O–H groups in total. The highest BCUT2D eigenvalue weighted by Gasteiger charge is 2.39. The maximum Gasteiger partial charge on any atom is 0.274 e. The van der Waals surface area contributed by atoms with E-state index in [0.29, 0.717) is 30.0 Å². The average molecular weight is 474 g/mol. The molecule has 0 fully saturated rings. The monoisotopic (exact) mass is 474 g/mol. The number of hydrogen-bond donors (Lipinski definition) is 2. The SMILES string of the molecule is Cc1noc2c1C[C@H]1CN(C2)C(=O)c2c(O)c(=O)c(C(=O)NCc3c(F)cc(F)cc3F)cn21. The van der Waals surface area contributed by atoms with Crippen LogP contribution in [0.4, 0.5) is 13.2 Å². The van der Waals surface area contributed by atoms with Crippen LogP contribution >= 0.6 is 0 Å². The quantitative estimate of drug-likeness (QED) is 0.599. The number of nitrogens with zero attached hydrogens (tertiary/aromatic N) is 3. The van der Waals surface area contributed by atoms with E-state index >= 15 is 0 Å². The first-order valence-corrected chi connectivity index (χ1v) is 10.3. The molecule has 4 heterocycles. The zero-order valence-electron chi connectivity index (χ0n) is 17.7. The maximum atomic E-state index is 13.9. The van der Waals surface area contributed by atoms with E-state index in [0.717, 1.165) is 11.8 Å².